The molecule has 1 aliphatic heterocycles. The summed E-state index contributed by atoms with van der Waals surface area (Å²) in [5, 5.41) is 0. The summed E-state index contributed by atoms with van der Waals surface area (Å²) in [6.07, 6.45) is 1.56. The lowest BCUT2D eigenvalue weighted by Gasteiger charge is -2.18. The van der Waals surface area contributed by atoms with Crippen LogP contribution in [0, 0.1) is 0 Å². The first kappa shape index (κ1) is 15.7. The molecule has 0 radical (unpaired) electrons. The number of aliphatic imine (C=N–C) groups is 1. The lowest BCUT2D eigenvalue weighted by atomic mass is 9.87. The summed E-state index contributed by atoms with van der Waals surface area (Å²) >= 11 is 3.22. The average Bonchev–Trinajstić information content (AvgIpc) is 3.05. The highest BCUT2D eigenvalue weighted by Gasteiger charge is 2.25. The summed E-state index contributed by atoms with van der Waals surface area (Å²) in [5.74, 6) is 0.372. The molecule has 0 saturated heterocycles. The number of cyclic esters (lactones) is 1. The van der Waals surface area contributed by atoms with Crippen molar-refractivity contribution in [3.05, 3.63) is 63.7 Å². The lowest BCUT2D eigenvalue weighted by molar-refractivity contribution is -0.129. The van der Waals surface area contributed by atoms with Gasteiger partial charge in [0.2, 0.25) is 5.90 Å². The van der Waals surface area contributed by atoms with E-state index >= 15 is 0 Å². The van der Waals surface area contributed by atoms with Crippen LogP contribution < -0.4 is 0 Å². The van der Waals surface area contributed by atoms with Crippen molar-refractivity contribution < 1.29 is 13.9 Å². The highest BCUT2D eigenvalue weighted by molar-refractivity contribution is 9.10. The first-order valence-corrected chi connectivity index (χ1v) is 8.01. The molecule has 1 aliphatic rings. The van der Waals surface area contributed by atoms with E-state index in [0.717, 1.165) is 5.56 Å². The number of carbonyl (C=O) groups excluding carboxylic acids is 1. The van der Waals surface area contributed by atoms with E-state index in [4.69, 9.17) is 9.15 Å². The Kier molecular flexibility index (Phi) is 3.98. The molecular formula is C18H16BrNO3. The van der Waals surface area contributed by atoms with E-state index in [9.17, 15) is 4.79 Å². The number of hydrogen-bond donors (Lipinski definition) is 0. The molecule has 0 saturated carbocycles. The smallest absolute Gasteiger partial charge is 0.363 e. The van der Waals surface area contributed by atoms with Gasteiger partial charge in [-0.2, -0.15) is 0 Å². The Morgan fingerprint density at radius 3 is 2.35 bits per heavy atom. The second-order valence-corrected chi connectivity index (χ2v) is 7.09. The summed E-state index contributed by atoms with van der Waals surface area (Å²) in [6, 6.07) is 11.4. The Morgan fingerprint density at radius 2 is 1.78 bits per heavy atom. The molecule has 118 valence electrons. The summed E-state index contributed by atoms with van der Waals surface area (Å²) < 4.78 is 11.2. The van der Waals surface area contributed by atoms with Gasteiger partial charge in [-0.3, -0.25) is 0 Å². The van der Waals surface area contributed by atoms with Gasteiger partial charge < -0.3 is 9.15 Å². The van der Waals surface area contributed by atoms with Crippen LogP contribution in [0.3, 0.4) is 0 Å². The van der Waals surface area contributed by atoms with E-state index in [0.29, 0.717) is 16.3 Å². The van der Waals surface area contributed by atoms with Crippen molar-refractivity contribution in [2.45, 2.75) is 26.2 Å². The van der Waals surface area contributed by atoms with Crippen LogP contribution in [0.5, 0.6) is 0 Å². The molecule has 23 heavy (non-hydrogen) atoms. The molecule has 1 aromatic carbocycles. The van der Waals surface area contributed by atoms with Crippen LogP contribution >= 0.6 is 15.9 Å². The number of ether oxygens (including phenoxy) is 1. The fourth-order valence-electron chi connectivity index (χ4n) is 2.19. The summed E-state index contributed by atoms with van der Waals surface area (Å²) in [5.41, 5.74) is 2.28. The van der Waals surface area contributed by atoms with Crippen LogP contribution in [0.15, 0.2) is 56.2 Å². The van der Waals surface area contributed by atoms with E-state index in [2.05, 4.69) is 41.7 Å². The van der Waals surface area contributed by atoms with E-state index < -0.39 is 5.97 Å². The Hall–Kier alpha value is -2.14. The van der Waals surface area contributed by atoms with Crippen molar-refractivity contribution in [2.75, 3.05) is 0 Å². The van der Waals surface area contributed by atoms with Gasteiger partial charge in [0.05, 0.1) is 0 Å². The maximum atomic E-state index is 11.9. The molecule has 0 bridgehead atoms. The summed E-state index contributed by atoms with van der Waals surface area (Å²) in [7, 11) is 0. The van der Waals surface area contributed by atoms with Gasteiger partial charge in [0.1, 0.15) is 5.76 Å². The number of nitrogens with zero attached hydrogens (tertiary/aromatic N) is 1. The van der Waals surface area contributed by atoms with Crippen molar-refractivity contribution >= 4 is 33.9 Å². The molecule has 0 aliphatic carbocycles. The molecule has 1 aromatic heterocycles. The van der Waals surface area contributed by atoms with Gasteiger partial charge in [0.25, 0.3) is 0 Å². The molecule has 3 rings (SSSR count). The molecule has 2 aromatic rings. The van der Waals surface area contributed by atoms with Crippen LogP contribution in [0.1, 0.15) is 37.7 Å². The Morgan fingerprint density at radius 1 is 1.09 bits per heavy atom. The van der Waals surface area contributed by atoms with Gasteiger partial charge >= 0.3 is 5.97 Å². The number of carbonyl (C=O) groups is 1. The standard InChI is InChI=1S/C18H16BrNO3/c1-18(2,3)12-6-4-11(5-7-12)16-20-14(17(21)23-16)10-13-8-9-15(19)22-13/h4-10H,1-3H3. The molecule has 4 nitrogen and oxygen atoms in total. The van der Waals surface area contributed by atoms with E-state index in [1.54, 1.807) is 18.2 Å². The van der Waals surface area contributed by atoms with E-state index in [-0.39, 0.29) is 11.1 Å². The molecular weight excluding hydrogens is 358 g/mol. The number of halogens is 1. The maximum absolute atomic E-state index is 11.9. The largest absolute Gasteiger partial charge is 0.450 e. The van der Waals surface area contributed by atoms with E-state index in [1.807, 2.05) is 24.3 Å². The molecule has 0 spiro atoms. The molecule has 0 unspecified atom stereocenters. The fraction of sp³-hybridized carbons (Fsp3) is 0.222. The number of furan rings is 1. The maximum Gasteiger partial charge on any atom is 0.363 e. The quantitative estimate of drug-likeness (QED) is 0.566. The molecule has 0 amide bonds. The van der Waals surface area contributed by atoms with Gasteiger partial charge in [-0.25, -0.2) is 9.79 Å². The van der Waals surface area contributed by atoms with Gasteiger partial charge in [0.15, 0.2) is 10.4 Å². The SMILES string of the molecule is CC(C)(C)c1ccc(C2=NC(=Cc3ccc(Br)o3)C(=O)O2)cc1. The topological polar surface area (TPSA) is 51.8 Å². The monoisotopic (exact) mass is 373 g/mol. The second kappa shape index (κ2) is 5.81. The zero-order chi connectivity index (χ0) is 16.6. The van der Waals surface area contributed by atoms with Crippen LogP contribution in [0.2, 0.25) is 0 Å². The number of benzene rings is 1. The molecule has 0 atom stereocenters. The number of hydrogen-bond acceptors (Lipinski definition) is 4. The minimum Gasteiger partial charge on any atom is -0.450 e. The van der Waals surface area contributed by atoms with Crippen LogP contribution in [-0.2, 0) is 14.9 Å². The number of esters is 1. The normalized spacial score (nSPS) is 16.6. The Bertz CT molecular complexity index is 808. The van der Waals surface area contributed by atoms with Crippen molar-refractivity contribution in [3.63, 3.8) is 0 Å². The first-order chi connectivity index (χ1) is 10.8. The third-order valence-electron chi connectivity index (χ3n) is 3.49. The predicted octanol–water partition coefficient (Wildman–Crippen LogP) is 4.68. The number of rotatable bonds is 2. The predicted molar refractivity (Wildman–Crippen MR) is 92.2 cm³/mol. The van der Waals surface area contributed by atoms with Gasteiger partial charge in [0, 0.05) is 11.6 Å². The van der Waals surface area contributed by atoms with E-state index in [1.165, 1.54) is 5.56 Å². The molecule has 5 heteroatoms. The van der Waals surface area contributed by atoms with Gasteiger partial charge in [-0.1, -0.05) is 32.9 Å². The zero-order valence-corrected chi connectivity index (χ0v) is 14.7. The molecule has 0 fully saturated rings. The van der Waals surface area contributed by atoms with Crippen molar-refractivity contribution in [1.29, 1.82) is 0 Å². The zero-order valence-electron chi connectivity index (χ0n) is 13.1. The average molecular weight is 374 g/mol. The summed E-state index contributed by atoms with van der Waals surface area (Å²) in [4.78, 5) is 16.2. The van der Waals surface area contributed by atoms with Crippen molar-refractivity contribution in [1.82, 2.24) is 0 Å². The van der Waals surface area contributed by atoms with Crippen molar-refractivity contribution in [3.8, 4) is 0 Å². The first-order valence-electron chi connectivity index (χ1n) is 7.22. The van der Waals surface area contributed by atoms with Crippen LogP contribution in [-0.4, -0.2) is 11.9 Å². The lowest BCUT2D eigenvalue weighted by Crippen LogP contribution is -2.11. The fourth-order valence-corrected chi connectivity index (χ4v) is 2.51. The highest BCUT2D eigenvalue weighted by atomic mass is 79.9. The Balaban J connectivity index is 1.88. The third-order valence-corrected chi connectivity index (χ3v) is 3.92. The Labute approximate surface area is 143 Å². The highest BCUT2D eigenvalue weighted by Crippen LogP contribution is 2.25. The van der Waals surface area contributed by atoms with Crippen LogP contribution in [0.25, 0.3) is 6.08 Å². The van der Waals surface area contributed by atoms with Crippen molar-refractivity contribution in [2.24, 2.45) is 4.99 Å². The minimum atomic E-state index is -0.479. The third kappa shape index (κ3) is 3.45. The van der Waals surface area contributed by atoms with Crippen LogP contribution in [0.4, 0.5) is 0 Å². The van der Waals surface area contributed by atoms with Gasteiger partial charge in [-0.05, 0) is 51.2 Å². The molecule has 0 N–H and O–H groups in total. The second-order valence-electron chi connectivity index (χ2n) is 6.31. The van der Waals surface area contributed by atoms with Gasteiger partial charge in [-0.15, -0.1) is 0 Å². The molecule has 2 heterocycles. The summed E-state index contributed by atoms with van der Waals surface area (Å²) in [6.45, 7) is 6.45. The minimum absolute atomic E-state index is 0.0738.